The quantitative estimate of drug-likeness (QED) is 0.224. The maximum atomic E-state index is 13.7. The molecular formula is C27H24N4O2S2. The Balaban J connectivity index is 1.49. The molecule has 0 saturated heterocycles. The summed E-state index contributed by atoms with van der Waals surface area (Å²) >= 11 is 2.65. The van der Waals surface area contributed by atoms with Crippen molar-refractivity contribution in [1.82, 2.24) is 14.5 Å². The van der Waals surface area contributed by atoms with Gasteiger partial charge in [0.05, 0.1) is 11.3 Å². The van der Waals surface area contributed by atoms with Crippen molar-refractivity contribution < 1.29 is 4.79 Å². The number of anilines is 1. The first kappa shape index (κ1) is 23.3. The number of nitrogens with one attached hydrogen (secondary N) is 1. The van der Waals surface area contributed by atoms with Crippen LogP contribution in [0.1, 0.15) is 24.0 Å². The molecule has 0 aliphatic rings. The molecule has 0 aliphatic carbocycles. The van der Waals surface area contributed by atoms with E-state index < -0.39 is 0 Å². The first-order chi connectivity index (χ1) is 17.0. The molecule has 3 heterocycles. The van der Waals surface area contributed by atoms with Crippen molar-refractivity contribution >= 4 is 55.1 Å². The van der Waals surface area contributed by atoms with Crippen LogP contribution < -0.4 is 10.9 Å². The zero-order chi connectivity index (χ0) is 24.4. The van der Waals surface area contributed by atoms with Gasteiger partial charge in [0.25, 0.3) is 5.56 Å². The third-order valence-electron chi connectivity index (χ3n) is 5.78. The number of aromatic nitrogens is 3. The highest BCUT2D eigenvalue weighted by Crippen LogP contribution is 2.31. The van der Waals surface area contributed by atoms with E-state index in [9.17, 15) is 9.59 Å². The first-order valence-electron chi connectivity index (χ1n) is 11.3. The van der Waals surface area contributed by atoms with Gasteiger partial charge in [-0.25, -0.2) is 9.97 Å². The van der Waals surface area contributed by atoms with Crippen molar-refractivity contribution in [2.75, 3.05) is 11.1 Å². The Morgan fingerprint density at radius 2 is 1.94 bits per heavy atom. The van der Waals surface area contributed by atoms with Gasteiger partial charge in [0.2, 0.25) is 5.91 Å². The summed E-state index contributed by atoms with van der Waals surface area (Å²) in [5.74, 6) is 0.0990. The molecule has 0 unspecified atom stereocenters. The molecule has 0 spiro atoms. The van der Waals surface area contributed by atoms with E-state index in [-0.39, 0.29) is 23.1 Å². The maximum absolute atomic E-state index is 13.7. The number of benzene rings is 2. The van der Waals surface area contributed by atoms with Crippen LogP contribution in [-0.2, 0) is 11.3 Å². The van der Waals surface area contributed by atoms with Gasteiger partial charge in [-0.1, -0.05) is 61.2 Å². The minimum absolute atomic E-state index is 0.0950. The van der Waals surface area contributed by atoms with E-state index in [1.807, 2.05) is 61.5 Å². The second kappa shape index (κ2) is 10.0. The van der Waals surface area contributed by atoms with Crippen LogP contribution in [0.15, 0.2) is 82.9 Å². The average molecular weight is 501 g/mol. The Morgan fingerprint density at radius 3 is 2.74 bits per heavy atom. The van der Waals surface area contributed by atoms with Crippen molar-refractivity contribution in [2.45, 2.75) is 31.5 Å². The van der Waals surface area contributed by atoms with E-state index in [4.69, 9.17) is 4.98 Å². The Morgan fingerprint density at radius 1 is 1.11 bits per heavy atom. The average Bonchev–Trinajstić information content (AvgIpc) is 3.24. The molecule has 0 bridgehead atoms. The minimum Gasteiger partial charge on any atom is -0.325 e. The predicted octanol–water partition coefficient (Wildman–Crippen LogP) is 5.85. The number of aryl methyl sites for hydroxylation is 1. The molecule has 2 aromatic carbocycles. The fraction of sp³-hybridized carbons (Fsp3) is 0.185. The van der Waals surface area contributed by atoms with Gasteiger partial charge >= 0.3 is 0 Å². The maximum Gasteiger partial charge on any atom is 0.272 e. The number of carbonyl (C=O) groups excluding carboxylic acids is 1. The lowest BCUT2D eigenvalue weighted by molar-refractivity contribution is -0.113. The van der Waals surface area contributed by atoms with Gasteiger partial charge in [0.1, 0.15) is 9.53 Å². The smallest absolute Gasteiger partial charge is 0.272 e. The van der Waals surface area contributed by atoms with E-state index in [1.165, 1.54) is 23.1 Å². The molecule has 0 saturated carbocycles. The summed E-state index contributed by atoms with van der Waals surface area (Å²) in [6, 6.07) is 21.6. The molecule has 35 heavy (non-hydrogen) atoms. The summed E-state index contributed by atoms with van der Waals surface area (Å²) in [5, 5.41) is 4.33. The van der Waals surface area contributed by atoms with E-state index in [0.29, 0.717) is 21.9 Å². The number of thioether (sulfide) groups is 1. The molecule has 0 aliphatic heterocycles. The molecular weight excluding hydrogens is 476 g/mol. The fourth-order valence-electron chi connectivity index (χ4n) is 4.02. The molecule has 1 atom stereocenters. The van der Waals surface area contributed by atoms with Crippen molar-refractivity contribution in [3.63, 3.8) is 0 Å². The molecule has 6 nitrogen and oxygen atoms in total. The van der Waals surface area contributed by atoms with Crippen molar-refractivity contribution in [3.05, 3.63) is 94.4 Å². The number of fused-ring (bicyclic) bond motifs is 3. The number of pyridine rings is 1. The van der Waals surface area contributed by atoms with Crippen LogP contribution in [0.5, 0.6) is 0 Å². The summed E-state index contributed by atoms with van der Waals surface area (Å²) in [4.78, 5) is 36.4. The summed E-state index contributed by atoms with van der Waals surface area (Å²) in [5.41, 5.74) is 3.52. The highest BCUT2D eigenvalue weighted by Gasteiger charge is 2.19. The van der Waals surface area contributed by atoms with Gasteiger partial charge in [0, 0.05) is 23.8 Å². The van der Waals surface area contributed by atoms with Gasteiger partial charge in [-0.2, -0.15) is 0 Å². The Kier molecular flexibility index (Phi) is 6.66. The number of hydrogen-bond donors (Lipinski definition) is 1. The summed E-state index contributed by atoms with van der Waals surface area (Å²) in [6.07, 6.45) is 1.72. The highest BCUT2D eigenvalue weighted by atomic mass is 32.2. The van der Waals surface area contributed by atoms with E-state index in [1.54, 1.807) is 10.8 Å². The summed E-state index contributed by atoms with van der Waals surface area (Å²) < 4.78 is 2.30. The number of rotatable bonds is 7. The van der Waals surface area contributed by atoms with Crippen LogP contribution >= 0.6 is 23.1 Å². The molecule has 5 aromatic rings. The second-order valence-electron chi connectivity index (χ2n) is 8.46. The normalized spacial score (nSPS) is 12.2. The number of thiophene rings is 1. The SMILES string of the molecule is Cc1cccc(NC(=O)CSc2nc3c(sc4ncccc43)c(=O)n2C[C@@H](C)c2ccccc2)c1. The molecule has 1 amide bonds. The molecule has 8 heteroatoms. The first-order valence-corrected chi connectivity index (χ1v) is 13.1. The Labute approximate surface area is 211 Å². The van der Waals surface area contributed by atoms with Gasteiger partial charge in [-0.15, -0.1) is 11.3 Å². The molecule has 176 valence electrons. The number of amides is 1. The second-order valence-corrected chi connectivity index (χ2v) is 10.4. The van der Waals surface area contributed by atoms with Crippen molar-refractivity contribution in [2.24, 2.45) is 0 Å². The summed E-state index contributed by atoms with van der Waals surface area (Å²) in [7, 11) is 0. The fourth-order valence-corrected chi connectivity index (χ4v) is 5.86. The van der Waals surface area contributed by atoms with Crippen molar-refractivity contribution in [1.29, 1.82) is 0 Å². The van der Waals surface area contributed by atoms with Crippen LogP contribution in [-0.4, -0.2) is 26.2 Å². The largest absolute Gasteiger partial charge is 0.325 e. The van der Waals surface area contributed by atoms with Gasteiger partial charge in [-0.05, 0) is 48.2 Å². The van der Waals surface area contributed by atoms with E-state index in [2.05, 4.69) is 29.4 Å². The number of carbonyl (C=O) groups is 1. The van der Waals surface area contributed by atoms with Crippen LogP contribution in [0.3, 0.4) is 0 Å². The Hall–Kier alpha value is -3.49. The molecule has 3 aromatic heterocycles. The zero-order valence-corrected chi connectivity index (χ0v) is 21.0. The topological polar surface area (TPSA) is 76.9 Å². The summed E-state index contributed by atoms with van der Waals surface area (Å²) in [6.45, 7) is 4.54. The van der Waals surface area contributed by atoms with Crippen LogP contribution in [0.2, 0.25) is 0 Å². The minimum atomic E-state index is -0.144. The van der Waals surface area contributed by atoms with Gasteiger partial charge in [0.15, 0.2) is 5.16 Å². The van der Waals surface area contributed by atoms with Crippen molar-refractivity contribution in [3.8, 4) is 0 Å². The number of nitrogens with zero attached hydrogens (tertiary/aromatic N) is 3. The molecule has 5 rings (SSSR count). The molecule has 0 fully saturated rings. The van der Waals surface area contributed by atoms with Gasteiger partial charge < -0.3 is 5.32 Å². The lowest BCUT2D eigenvalue weighted by atomic mass is 10.0. The predicted molar refractivity (Wildman–Crippen MR) is 145 cm³/mol. The van der Waals surface area contributed by atoms with Gasteiger partial charge in [-0.3, -0.25) is 14.2 Å². The van der Waals surface area contributed by atoms with Crippen LogP contribution in [0.25, 0.3) is 20.4 Å². The Bertz CT molecular complexity index is 1580. The highest BCUT2D eigenvalue weighted by molar-refractivity contribution is 7.99. The lowest BCUT2D eigenvalue weighted by Gasteiger charge is -2.17. The standard InChI is InChI=1S/C27H24N4O2S2/c1-17-8-6-11-20(14-17)29-22(32)16-34-27-30-23-21-12-7-13-28-25(21)35-24(23)26(33)31(27)15-18(2)19-9-4-3-5-10-19/h3-14,18H,15-16H2,1-2H3,(H,29,32)/t18-/m1/s1. The van der Waals surface area contributed by atoms with Crippen LogP contribution in [0.4, 0.5) is 5.69 Å². The third-order valence-corrected chi connectivity index (χ3v) is 7.84. The lowest BCUT2D eigenvalue weighted by Crippen LogP contribution is -2.25. The molecule has 1 N–H and O–H groups in total. The zero-order valence-electron chi connectivity index (χ0n) is 19.4. The monoisotopic (exact) mass is 500 g/mol. The molecule has 0 radical (unpaired) electrons. The van der Waals surface area contributed by atoms with E-state index >= 15 is 0 Å². The van der Waals surface area contributed by atoms with Crippen LogP contribution in [0, 0.1) is 6.92 Å². The third kappa shape index (κ3) is 4.99. The number of hydrogen-bond acceptors (Lipinski definition) is 6. The van der Waals surface area contributed by atoms with E-state index in [0.717, 1.165) is 27.0 Å².